The lowest BCUT2D eigenvalue weighted by molar-refractivity contribution is 0.562. The van der Waals surface area contributed by atoms with Gasteiger partial charge in [0.2, 0.25) is 4.08 Å². The minimum absolute atomic E-state index is 0.127. The molecule has 0 saturated carbocycles. The van der Waals surface area contributed by atoms with Crippen molar-refractivity contribution < 1.29 is 16.8 Å². The number of hydrogen-bond donors (Lipinski definition) is 3. The van der Waals surface area contributed by atoms with Crippen LogP contribution in [0.3, 0.4) is 0 Å². The number of aryl methyl sites for hydroxylation is 1. The summed E-state index contributed by atoms with van der Waals surface area (Å²) in [4.78, 5) is 0. The van der Waals surface area contributed by atoms with E-state index < -0.39 is 24.1 Å². The van der Waals surface area contributed by atoms with Gasteiger partial charge in [-0.3, -0.25) is 9.44 Å². The molecule has 0 aliphatic heterocycles. The van der Waals surface area contributed by atoms with E-state index in [4.69, 9.17) is 5.73 Å². The van der Waals surface area contributed by atoms with Gasteiger partial charge in [0, 0.05) is 0 Å². The van der Waals surface area contributed by atoms with Crippen molar-refractivity contribution in [3.05, 3.63) is 54.1 Å². The molecule has 2 aromatic rings. The Hall–Kier alpha value is -2.26. The first-order valence-corrected chi connectivity index (χ1v) is 10.4. The highest BCUT2D eigenvalue weighted by atomic mass is 32.3. The van der Waals surface area contributed by atoms with Crippen LogP contribution in [0.25, 0.3) is 0 Å². The van der Waals surface area contributed by atoms with Crippen LogP contribution in [0.2, 0.25) is 0 Å². The lowest BCUT2D eigenvalue weighted by atomic mass is 10.2. The van der Waals surface area contributed by atoms with Crippen molar-refractivity contribution in [2.75, 3.05) is 15.2 Å². The van der Waals surface area contributed by atoms with Crippen molar-refractivity contribution in [1.29, 1.82) is 0 Å². The molecule has 0 aliphatic carbocycles. The van der Waals surface area contributed by atoms with Crippen molar-refractivity contribution in [3.8, 4) is 0 Å². The molecule has 9 heteroatoms. The lowest BCUT2D eigenvalue weighted by Crippen LogP contribution is -2.47. The third-order valence-electron chi connectivity index (χ3n) is 3.89. The maximum absolute atomic E-state index is 12.7. The van der Waals surface area contributed by atoms with Gasteiger partial charge in [0.25, 0.3) is 20.0 Å². The summed E-state index contributed by atoms with van der Waals surface area (Å²) in [5, 5.41) is 0. The Kier molecular flexibility index (Phi) is 5.01. The molecule has 25 heavy (non-hydrogen) atoms. The third-order valence-corrected chi connectivity index (χ3v) is 8.77. The van der Waals surface area contributed by atoms with E-state index in [1.807, 2.05) is 0 Å². The molecule has 2 aromatic carbocycles. The maximum Gasteiger partial charge on any atom is 0.254 e. The van der Waals surface area contributed by atoms with E-state index in [-0.39, 0.29) is 11.4 Å². The fourth-order valence-corrected chi connectivity index (χ4v) is 4.85. The summed E-state index contributed by atoms with van der Waals surface area (Å²) >= 11 is 0. The molecule has 0 heterocycles. The largest absolute Gasteiger partial charge is 0.397 e. The number of hydrogen-bond acceptors (Lipinski definition) is 5. The molecule has 0 saturated heterocycles. The van der Waals surface area contributed by atoms with Gasteiger partial charge in [0.15, 0.2) is 0 Å². The topological polar surface area (TPSA) is 118 Å². The fraction of sp³-hybridized carbons (Fsp3) is 0.250. The minimum atomic E-state index is -4.31. The number of para-hydroxylation sites is 3. The normalized spacial score (nSPS) is 12.6. The molecule has 0 fully saturated rings. The average molecular weight is 383 g/mol. The molecule has 0 amide bonds. The van der Waals surface area contributed by atoms with E-state index in [1.165, 1.54) is 12.1 Å². The Balaban J connectivity index is 2.38. The van der Waals surface area contributed by atoms with Crippen LogP contribution in [0.5, 0.6) is 0 Å². The van der Waals surface area contributed by atoms with Gasteiger partial charge in [-0.1, -0.05) is 30.3 Å². The van der Waals surface area contributed by atoms with Crippen LogP contribution in [-0.4, -0.2) is 20.9 Å². The molecule has 4 N–H and O–H groups in total. The molecule has 2 rings (SSSR count). The smallest absolute Gasteiger partial charge is 0.254 e. The molecule has 7 nitrogen and oxygen atoms in total. The third kappa shape index (κ3) is 3.72. The molecule has 0 aromatic heterocycles. The van der Waals surface area contributed by atoms with Gasteiger partial charge < -0.3 is 5.73 Å². The van der Waals surface area contributed by atoms with Gasteiger partial charge >= 0.3 is 0 Å². The van der Waals surface area contributed by atoms with Crippen LogP contribution in [-0.2, 0) is 20.0 Å². The van der Waals surface area contributed by atoms with E-state index >= 15 is 0 Å². The maximum atomic E-state index is 12.7. The monoisotopic (exact) mass is 383 g/mol. The summed E-state index contributed by atoms with van der Waals surface area (Å²) in [5.74, 6) is 0. The Morgan fingerprint density at radius 3 is 1.76 bits per heavy atom. The minimum Gasteiger partial charge on any atom is -0.397 e. The zero-order chi connectivity index (χ0) is 18.9. The summed E-state index contributed by atoms with van der Waals surface area (Å²) in [6.45, 7) is 3.96. The SMILES string of the molecule is Cc1ccccc1NS(=O)(=O)C(C)(C)S(=O)(=O)Nc1ccccc1N. The van der Waals surface area contributed by atoms with Crippen molar-refractivity contribution in [2.45, 2.75) is 24.9 Å². The number of nitrogens with one attached hydrogen (secondary N) is 2. The second-order valence-corrected chi connectivity index (χ2v) is 10.7. The highest BCUT2D eigenvalue weighted by Gasteiger charge is 2.47. The van der Waals surface area contributed by atoms with Crippen LogP contribution in [0, 0.1) is 6.92 Å². The molecular formula is C16H21N3O4S2. The molecule has 0 radical (unpaired) electrons. The van der Waals surface area contributed by atoms with E-state index in [0.717, 1.165) is 13.8 Å². The number of benzene rings is 2. The summed E-state index contributed by atoms with van der Waals surface area (Å²) in [6, 6.07) is 12.9. The summed E-state index contributed by atoms with van der Waals surface area (Å²) in [7, 11) is -8.57. The van der Waals surface area contributed by atoms with Crippen LogP contribution in [0.1, 0.15) is 19.4 Å². The van der Waals surface area contributed by atoms with Gasteiger partial charge in [0.05, 0.1) is 17.1 Å². The Morgan fingerprint density at radius 2 is 1.24 bits per heavy atom. The average Bonchev–Trinajstić information content (AvgIpc) is 2.51. The Bertz CT molecular complexity index is 904. The van der Waals surface area contributed by atoms with Gasteiger partial charge in [-0.25, -0.2) is 16.8 Å². The first-order valence-electron chi connectivity index (χ1n) is 7.43. The first-order chi connectivity index (χ1) is 11.5. The second-order valence-electron chi connectivity index (χ2n) is 6.01. The van der Waals surface area contributed by atoms with Crippen LogP contribution in [0.15, 0.2) is 48.5 Å². The fourth-order valence-electron chi connectivity index (χ4n) is 1.96. The van der Waals surface area contributed by atoms with Crippen molar-refractivity contribution in [1.82, 2.24) is 0 Å². The summed E-state index contributed by atoms with van der Waals surface area (Å²) in [5.41, 5.74) is 7.06. The van der Waals surface area contributed by atoms with Crippen LogP contribution in [0.4, 0.5) is 17.1 Å². The molecule has 0 atom stereocenters. The predicted octanol–water partition coefficient (Wildman–Crippen LogP) is 2.50. The van der Waals surface area contributed by atoms with E-state index in [9.17, 15) is 16.8 Å². The van der Waals surface area contributed by atoms with E-state index in [2.05, 4.69) is 9.44 Å². The lowest BCUT2D eigenvalue weighted by Gasteiger charge is -2.26. The van der Waals surface area contributed by atoms with Crippen molar-refractivity contribution >= 4 is 37.1 Å². The molecule has 0 aliphatic rings. The number of anilines is 3. The van der Waals surface area contributed by atoms with Gasteiger partial charge in [0.1, 0.15) is 0 Å². The summed E-state index contributed by atoms with van der Waals surface area (Å²) < 4.78 is 53.4. The van der Waals surface area contributed by atoms with Crippen molar-refractivity contribution in [2.24, 2.45) is 0 Å². The Morgan fingerprint density at radius 1 is 0.800 bits per heavy atom. The quantitative estimate of drug-likeness (QED) is 0.662. The van der Waals surface area contributed by atoms with Crippen molar-refractivity contribution in [3.63, 3.8) is 0 Å². The zero-order valence-electron chi connectivity index (χ0n) is 14.1. The first kappa shape index (κ1) is 19.1. The standard InChI is InChI=1S/C16H21N3O4S2/c1-12-8-4-6-10-14(12)18-24(20,21)16(2,3)25(22,23)19-15-11-7-5-9-13(15)17/h4-11,18-19H,17H2,1-3H3. The van der Waals surface area contributed by atoms with Gasteiger partial charge in [-0.05, 0) is 44.5 Å². The number of rotatable bonds is 6. The predicted molar refractivity (Wildman–Crippen MR) is 101 cm³/mol. The Labute approximate surface area is 148 Å². The number of sulfonamides is 2. The molecule has 136 valence electrons. The van der Waals surface area contributed by atoms with Gasteiger partial charge in [-0.15, -0.1) is 0 Å². The van der Waals surface area contributed by atoms with Crippen LogP contribution < -0.4 is 15.2 Å². The highest BCUT2D eigenvalue weighted by molar-refractivity contribution is 8.11. The van der Waals surface area contributed by atoms with E-state index in [1.54, 1.807) is 43.3 Å². The molecule has 0 unspecified atom stereocenters. The molecular weight excluding hydrogens is 362 g/mol. The van der Waals surface area contributed by atoms with E-state index in [0.29, 0.717) is 11.3 Å². The van der Waals surface area contributed by atoms with Gasteiger partial charge in [-0.2, -0.15) is 0 Å². The molecule has 0 spiro atoms. The second kappa shape index (κ2) is 6.57. The number of nitrogen functional groups attached to an aromatic ring is 1. The number of nitrogens with two attached hydrogens (primary N) is 1. The van der Waals surface area contributed by atoms with Crippen LogP contribution >= 0.6 is 0 Å². The zero-order valence-corrected chi connectivity index (χ0v) is 15.8. The summed E-state index contributed by atoms with van der Waals surface area (Å²) in [6.07, 6.45) is 0. The highest BCUT2D eigenvalue weighted by Crippen LogP contribution is 2.30. The molecule has 0 bridgehead atoms.